The molecule has 0 unspecified atom stereocenters. The highest BCUT2D eigenvalue weighted by atomic mass is 32.2. The summed E-state index contributed by atoms with van der Waals surface area (Å²) in [7, 11) is -3.38. The summed E-state index contributed by atoms with van der Waals surface area (Å²) in [5.74, 6) is -0.273. The van der Waals surface area contributed by atoms with E-state index >= 15 is 0 Å². The number of hydrogen-bond acceptors (Lipinski definition) is 7. The van der Waals surface area contributed by atoms with E-state index in [1.54, 1.807) is 35.3 Å². The molecule has 0 bridgehead atoms. The van der Waals surface area contributed by atoms with E-state index < -0.39 is 10.0 Å². The zero-order valence-corrected chi connectivity index (χ0v) is 19.5. The molecule has 4 rings (SSSR count). The molecule has 3 N–H and O–H groups in total. The van der Waals surface area contributed by atoms with Crippen molar-refractivity contribution < 1.29 is 17.9 Å². The average Bonchev–Trinajstić information content (AvgIpc) is 3.21. The Morgan fingerprint density at radius 2 is 2.03 bits per heavy atom. The summed E-state index contributed by atoms with van der Waals surface area (Å²) in [6.07, 6.45) is 6.12. The Kier molecular flexibility index (Phi) is 6.80. The summed E-state index contributed by atoms with van der Waals surface area (Å²) < 4.78 is 32.7. The van der Waals surface area contributed by atoms with Gasteiger partial charge in [0, 0.05) is 44.2 Å². The van der Waals surface area contributed by atoms with Gasteiger partial charge in [-0.2, -0.15) is 5.10 Å². The fourth-order valence-electron chi connectivity index (χ4n) is 3.87. The molecule has 33 heavy (non-hydrogen) atoms. The lowest BCUT2D eigenvalue weighted by molar-refractivity contribution is 0.0904. The maximum Gasteiger partial charge on any atom is 0.255 e. The molecule has 176 valence electrons. The van der Waals surface area contributed by atoms with Gasteiger partial charge in [0.25, 0.3) is 5.91 Å². The zero-order valence-electron chi connectivity index (χ0n) is 18.7. The minimum absolute atomic E-state index is 0.194. The molecule has 0 saturated carbocycles. The number of fused-ring (bicyclic) bond motifs is 1. The fraction of sp³-hybridized carbons (Fsp3) is 0.409. The van der Waals surface area contributed by atoms with E-state index in [2.05, 4.69) is 25.4 Å². The predicted octanol–water partition coefficient (Wildman–Crippen LogP) is 2.34. The summed E-state index contributed by atoms with van der Waals surface area (Å²) in [5.41, 5.74) is 3.10. The van der Waals surface area contributed by atoms with E-state index in [0.29, 0.717) is 31.0 Å². The molecule has 1 aromatic carbocycles. The van der Waals surface area contributed by atoms with Gasteiger partial charge in [-0.15, -0.1) is 0 Å². The van der Waals surface area contributed by atoms with Crippen molar-refractivity contribution in [1.82, 2.24) is 20.1 Å². The number of anilines is 2. The van der Waals surface area contributed by atoms with E-state index in [9.17, 15) is 13.2 Å². The minimum Gasteiger partial charge on any atom is -0.381 e. The van der Waals surface area contributed by atoms with Crippen LogP contribution in [0.2, 0.25) is 0 Å². The Hall–Kier alpha value is -3.18. The monoisotopic (exact) mass is 472 g/mol. The molecule has 0 spiro atoms. The van der Waals surface area contributed by atoms with Crippen LogP contribution in [0.25, 0.3) is 11.0 Å². The lowest BCUT2D eigenvalue weighted by atomic mass is 10.1. The van der Waals surface area contributed by atoms with E-state index in [4.69, 9.17) is 4.74 Å². The number of aryl methyl sites for hydroxylation is 1. The predicted molar refractivity (Wildman–Crippen MR) is 127 cm³/mol. The Labute approximate surface area is 192 Å². The summed E-state index contributed by atoms with van der Waals surface area (Å²) in [5, 5.41) is 11.7. The van der Waals surface area contributed by atoms with Gasteiger partial charge in [0.2, 0.25) is 10.0 Å². The topological polar surface area (TPSA) is 127 Å². The quantitative estimate of drug-likeness (QED) is 0.459. The normalized spacial score (nSPS) is 14.8. The number of carbonyl (C=O) groups excluding carboxylic acids is 1. The van der Waals surface area contributed by atoms with Gasteiger partial charge in [0.1, 0.15) is 0 Å². The van der Waals surface area contributed by atoms with Crippen molar-refractivity contribution in [2.24, 2.45) is 0 Å². The van der Waals surface area contributed by atoms with Crippen LogP contribution in [0, 0.1) is 0 Å². The van der Waals surface area contributed by atoms with Gasteiger partial charge in [-0.1, -0.05) is 12.1 Å². The van der Waals surface area contributed by atoms with Crippen LogP contribution in [-0.2, 0) is 27.8 Å². The Bertz CT molecular complexity index is 1250. The largest absolute Gasteiger partial charge is 0.381 e. The first-order chi connectivity index (χ1) is 15.8. The lowest BCUT2D eigenvalue weighted by Crippen LogP contribution is -2.30. The molecule has 1 amide bonds. The molecule has 0 atom stereocenters. The van der Waals surface area contributed by atoms with E-state index in [1.165, 1.54) is 0 Å². The summed E-state index contributed by atoms with van der Waals surface area (Å²) in [4.78, 5) is 17.7. The molecular weight excluding hydrogens is 444 g/mol. The zero-order chi connectivity index (χ0) is 23.4. The van der Waals surface area contributed by atoms with Gasteiger partial charge in [-0.25, -0.2) is 18.1 Å². The van der Waals surface area contributed by atoms with Crippen LogP contribution >= 0.6 is 0 Å². The number of rotatable bonds is 8. The van der Waals surface area contributed by atoms with Crippen LogP contribution in [0.5, 0.6) is 0 Å². The molecule has 0 aliphatic carbocycles. The smallest absolute Gasteiger partial charge is 0.255 e. The van der Waals surface area contributed by atoms with Crippen LogP contribution in [0.1, 0.15) is 35.7 Å². The third-order valence-electron chi connectivity index (χ3n) is 5.46. The van der Waals surface area contributed by atoms with Crippen molar-refractivity contribution in [1.29, 1.82) is 0 Å². The number of aromatic nitrogens is 3. The Morgan fingerprint density at radius 1 is 1.24 bits per heavy atom. The lowest BCUT2D eigenvalue weighted by Gasteiger charge is -2.25. The first-order valence-corrected chi connectivity index (χ1v) is 12.8. The summed E-state index contributed by atoms with van der Waals surface area (Å²) in [6, 6.07) is 7.10. The van der Waals surface area contributed by atoms with Gasteiger partial charge in [0.15, 0.2) is 5.65 Å². The molecule has 1 aliphatic heterocycles. The number of hydrogen-bond donors (Lipinski definition) is 3. The number of sulfonamides is 1. The van der Waals surface area contributed by atoms with Crippen molar-refractivity contribution in [3.63, 3.8) is 0 Å². The highest BCUT2D eigenvalue weighted by Crippen LogP contribution is 2.28. The van der Waals surface area contributed by atoms with Gasteiger partial charge >= 0.3 is 0 Å². The first kappa shape index (κ1) is 23.0. The number of amides is 1. The van der Waals surface area contributed by atoms with Crippen molar-refractivity contribution in [3.05, 3.63) is 47.8 Å². The van der Waals surface area contributed by atoms with E-state index in [1.807, 2.05) is 13.0 Å². The number of carbonyl (C=O) groups is 1. The Morgan fingerprint density at radius 3 is 2.76 bits per heavy atom. The minimum atomic E-state index is -3.38. The number of ether oxygens (including phenoxy) is 1. The number of pyridine rings is 1. The molecular formula is C22H28N6O4S. The third kappa shape index (κ3) is 5.60. The molecule has 11 heteroatoms. The third-order valence-corrected chi connectivity index (χ3v) is 6.07. The van der Waals surface area contributed by atoms with Gasteiger partial charge in [-0.05, 0) is 37.5 Å². The van der Waals surface area contributed by atoms with Crippen LogP contribution < -0.4 is 15.4 Å². The molecule has 0 radical (unpaired) electrons. The van der Waals surface area contributed by atoms with Crippen molar-refractivity contribution >= 4 is 38.3 Å². The highest BCUT2D eigenvalue weighted by molar-refractivity contribution is 7.92. The van der Waals surface area contributed by atoms with E-state index in [0.717, 1.165) is 41.4 Å². The maximum atomic E-state index is 13.2. The molecule has 10 nitrogen and oxygen atoms in total. The van der Waals surface area contributed by atoms with Crippen LogP contribution in [-0.4, -0.2) is 54.6 Å². The summed E-state index contributed by atoms with van der Waals surface area (Å²) in [6.45, 7) is 4.27. The second-order valence-electron chi connectivity index (χ2n) is 8.03. The van der Waals surface area contributed by atoms with Crippen LogP contribution in [0.4, 0.5) is 11.4 Å². The van der Waals surface area contributed by atoms with Crippen LogP contribution in [0.3, 0.4) is 0 Å². The van der Waals surface area contributed by atoms with Gasteiger partial charge in [0.05, 0.1) is 29.1 Å². The summed E-state index contributed by atoms with van der Waals surface area (Å²) >= 11 is 0. The maximum absolute atomic E-state index is 13.2. The number of benzene rings is 1. The standard InChI is InChI=1S/C22H28N6O4S/c1-3-28-21-18(14-25-28)20(26-16-7-9-32-10-8-16)19(13-23-21)22(29)24-12-15-5-4-6-17(11-15)27-33(2,30)31/h4-6,11,13-14,16,27H,3,7-10,12H2,1-2H3,(H,23,26)(H,24,29). The van der Waals surface area contributed by atoms with E-state index in [-0.39, 0.29) is 18.5 Å². The van der Waals surface area contributed by atoms with Crippen molar-refractivity contribution in [3.8, 4) is 0 Å². The number of nitrogens with zero attached hydrogens (tertiary/aromatic N) is 3. The second kappa shape index (κ2) is 9.75. The molecule has 3 heterocycles. The van der Waals surface area contributed by atoms with Crippen molar-refractivity contribution in [2.45, 2.75) is 38.9 Å². The molecule has 3 aromatic rings. The SMILES string of the molecule is CCn1ncc2c(NC3CCOCC3)c(C(=O)NCc3cccc(NS(C)(=O)=O)c3)cnc21. The average molecular weight is 473 g/mol. The highest BCUT2D eigenvalue weighted by Gasteiger charge is 2.22. The van der Waals surface area contributed by atoms with Crippen LogP contribution in [0.15, 0.2) is 36.7 Å². The van der Waals surface area contributed by atoms with Crippen molar-refractivity contribution in [2.75, 3.05) is 29.5 Å². The fourth-order valence-corrected chi connectivity index (χ4v) is 4.42. The Balaban J connectivity index is 1.57. The molecule has 1 saturated heterocycles. The van der Waals surface area contributed by atoms with Gasteiger partial charge < -0.3 is 15.4 Å². The number of nitrogens with one attached hydrogen (secondary N) is 3. The van der Waals surface area contributed by atoms with Gasteiger partial charge in [-0.3, -0.25) is 9.52 Å². The first-order valence-electron chi connectivity index (χ1n) is 10.9. The molecule has 1 fully saturated rings. The molecule has 1 aliphatic rings. The second-order valence-corrected chi connectivity index (χ2v) is 9.78. The molecule has 2 aromatic heterocycles.